The third-order valence-corrected chi connectivity index (χ3v) is 8.64. The van der Waals surface area contributed by atoms with Crippen molar-refractivity contribution in [2.75, 3.05) is 26.2 Å². The number of carbonyl (C=O) groups excluding carboxylic acids is 2. The molecule has 2 fully saturated rings. The number of carbonyl (C=O) groups is 2. The van der Waals surface area contributed by atoms with Gasteiger partial charge in [-0.2, -0.15) is 0 Å². The fraction of sp³-hybridized carbons (Fsp3) is 0.594. The largest absolute Gasteiger partial charge is 0.388 e. The van der Waals surface area contributed by atoms with Gasteiger partial charge in [0.1, 0.15) is 0 Å². The van der Waals surface area contributed by atoms with Crippen LogP contribution in [0.4, 0.5) is 0 Å². The predicted octanol–water partition coefficient (Wildman–Crippen LogP) is 5.10. The lowest BCUT2D eigenvalue weighted by molar-refractivity contribution is -0.136. The van der Waals surface area contributed by atoms with Gasteiger partial charge in [0.05, 0.1) is 17.7 Å². The second-order valence-electron chi connectivity index (χ2n) is 11.5. The van der Waals surface area contributed by atoms with Gasteiger partial charge < -0.3 is 19.5 Å². The lowest BCUT2D eigenvalue weighted by atomic mass is 9.90. The normalized spacial score (nSPS) is 18.1. The summed E-state index contributed by atoms with van der Waals surface area (Å²) in [5, 5.41) is 11.4. The second-order valence-corrected chi connectivity index (χ2v) is 11.5. The average molecular weight is 536 g/mol. The van der Waals surface area contributed by atoms with Gasteiger partial charge in [-0.05, 0) is 50.0 Å². The molecule has 0 spiro atoms. The number of rotatable bonds is 10. The Kier molecular flexibility index (Phi) is 10.0. The first-order valence-electron chi connectivity index (χ1n) is 14.9. The molecule has 212 valence electrons. The van der Waals surface area contributed by atoms with Crippen molar-refractivity contribution < 1.29 is 14.7 Å². The summed E-state index contributed by atoms with van der Waals surface area (Å²) in [4.78, 5) is 43.4. The summed E-state index contributed by atoms with van der Waals surface area (Å²) in [6.45, 7) is 6.88. The molecule has 0 saturated carbocycles. The summed E-state index contributed by atoms with van der Waals surface area (Å²) in [5.74, 6) is 0.682. The highest BCUT2D eigenvalue weighted by atomic mass is 16.3. The maximum atomic E-state index is 13.6. The summed E-state index contributed by atoms with van der Waals surface area (Å²) >= 11 is 0. The van der Waals surface area contributed by atoms with Gasteiger partial charge in [0.25, 0.3) is 11.5 Å². The Morgan fingerprint density at radius 2 is 1.64 bits per heavy atom. The molecule has 2 saturated heterocycles. The fourth-order valence-electron chi connectivity index (χ4n) is 6.09. The molecule has 0 aliphatic carbocycles. The smallest absolute Gasteiger partial charge is 0.255 e. The number of pyridine rings is 1. The maximum Gasteiger partial charge on any atom is 0.255 e. The van der Waals surface area contributed by atoms with E-state index in [0.29, 0.717) is 49.4 Å². The highest BCUT2D eigenvalue weighted by Gasteiger charge is 2.35. The van der Waals surface area contributed by atoms with Crippen molar-refractivity contribution in [2.45, 2.75) is 90.2 Å². The van der Waals surface area contributed by atoms with Gasteiger partial charge in [-0.25, -0.2) is 0 Å². The van der Waals surface area contributed by atoms with E-state index in [9.17, 15) is 19.5 Å². The van der Waals surface area contributed by atoms with E-state index in [1.807, 2.05) is 40.1 Å². The van der Waals surface area contributed by atoms with Crippen LogP contribution in [0.15, 0.2) is 47.4 Å². The molecular formula is C32H45N3O4. The zero-order chi connectivity index (χ0) is 27.8. The first kappa shape index (κ1) is 29.1. The average Bonchev–Trinajstić information content (AvgIpc) is 2.96. The third kappa shape index (κ3) is 7.38. The number of hydrogen-bond donors (Lipinski definition) is 1. The molecule has 0 radical (unpaired) electrons. The van der Waals surface area contributed by atoms with Crippen LogP contribution < -0.4 is 5.56 Å². The number of amides is 2. The zero-order valence-corrected chi connectivity index (χ0v) is 23.7. The maximum absolute atomic E-state index is 13.6. The summed E-state index contributed by atoms with van der Waals surface area (Å²) < 4.78 is 1.50. The Morgan fingerprint density at radius 1 is 0.949 bits per heavy atom. The minimum absolute atomic E-state index is 0.0665. The number of likely N-dealkylation sites (tertiary alicyclic amines) is 2. The Bertz CT molecular complexity index is 1160. The molecule has 2 aliphatic heterocycles. The molecule has 1 aromatic carbocycles. The molecule has 1 N–H and O–H groups in total. The van der Waals surface area contributed by atoms with Gasteiger partial charge in [-0.15, -0.1) is 0 Å². The highest BCUT2D eigenvalue weighted by Crippen LogP contribution is 2.28. The second kappa shape index (κ2) is 13.4. The molecule has 1 aromatic heterocycles. The highest BCUT2D eigenvalue weighted by molar-refractivity contribution is 6.00. The Morgan fingerprint density at radius 3 is 2.28 bits per heavy atom. The molecule has 2 aromatic rings. The lowest BCUT2D eigenvalue weighted by Crippen LogP contribution is -2.49. The molecule has 7 heteroatoms. The monoisotopic (exact) mass is 535 g/mol. The standard InChI is InChI=1S/C32H45N3O4/c1-3-11-25(4-2)14-15-29(36)33-20-16-32(39,17-21-33)24-35-23-28(31(38)34-18-9-6-10-19-34)27(22-30(35)37)26-12-7-5-8-13-26/h5,7-8,12-13,22-23,25,39H,3-4,6,9-11,14-21,24H2,1-2H3. The molecule has 4 rings (SSSR count). The third-order valence-electron chi connectivity index (χ3n) is 8.64. The van der Waals surface area contributed by atoms with Crippen molar-refractivity contribution >= 4 is 11.8 Å². The zero-order valence-electron chi connectivity index (χ0n) is 23.7. The number of hydrogen-bond acceptors (Lipinski definition) is 4. The fourth-order valence-corrected chi connectivity index (χ4v) is 6.09. The van der Waals surface area contributed by atoms with Crippen LogP contribution in [0.1, 0.15) is 88.4 Å². The first-order chi connectivity index (χ1) is 18.8. The van der Waals surface area contributed by atoms with Gasteiger partial charge in [0, 0.05) is 50.4 Å². The summed E-state index contributed by atoms with van der Waals surface area (Å²) in [6.07, 6.45) is 10.4. The van der Waals surface area contributed by atoms with E-state index in [0.717, 1.165) is 63.6 Å². The van der Waals surface area contributed by atoms with E-state index in [2.05, 4.69) is 13.8 Å². The van der Waals surface area contributed by atoms with Gasteiger partial charge in [0.2, 0.25) is 5.91 Å². The summed E-state index contributed by atoms with van der Waals surface area (Å²) in [5.41, 5.74) is 0.619. The van der Waals surface area contributed by atoms with Crippen molar-refractivity contribution in [3.8, 4) is 11.1 Å². The molecule has 3 heterocycles. The van der Waals surface area contributed by atoms with E-state index >= 15 is 0 Å². The van der Waals surface area contributed by atoms with Crippen molar-refractivity contribution in [3.63, 3.8) is 0 Å². The quantitative estimate of drug-likeness (QED) is 0.459. The minimum Gasteiger partial charge on any atom is -0.388 e. The molecule has 1 atom stereocenters. The number of benzene rings is 1. The van der Waals surface area contributed by atoms with Crippen LogP contribution in [0.3, 0.4) is 0 Å². The topological polar surface area (TPSA) is 82.8 Å². The van der Waals surface area contributed by atoms with E-state index in [1.54, 1.807) is 6.20 Å². The molecule has 0 bridgehead atoms. The number of nitrogens with zero attached hydrogens (tertiary/aromatic N) is 3. The number of piperidine rings is 2. The van der Waals surface area contributed by atoms with Crippen molar-refractivity contribution in [1.82, 2.24) is 14.4 Å². The van der Waals surface area contributed by atoms with E-state index in [4.69, 9.17) is 0 Å². The number of aliphatic hydroxyl groups is 1. The molecule has 2 aliphatic rings. The van der Waals surface area contributed by atoms with Gasteiger partial charge in [0.15, 0.2) is 0 Å². The Labute approximate surface area is 232 Å². The minimum atomic E-state index is -1.10. The SMILES string of the molecule is CCCC(CC)CCC(=O)N1CCC(O)(Cn2cc(C(=O)N3CCCCC3)c(-c3ccccc3)cc2=O)CC1. The van der Waals surface area contributed by atoms with Crippen LogP contribution in [0.25, 0.3) is 11.1 Å². The summed E-state index contributed by atoms with van der Waals surface area (Å²) in [7, 11) is 0. The molecule has 2 amide bonds. The van der Waals surface area contributed by atoms with E-state index < -0.39 is 5.60 Å². The molecular weight excluding hydrogens is 490 g/mol. The van der Waals surface area contributed by atoms with Crippen LogP contribution in [-0.4, -0.2) is 63.1 Å². The number of aromatic nitrogens is 1. The summed E-state index contributed by atoms with van der Waals surface area (Å²) in [6, 6.07) is 11.1. The van der Waals surface area contributed by atoms with Crippen LogP contribution in [0.5, 0.6) is 0 Å². The molecule has 1 unspecified atom stereocenters. The van der Waals surface area contributed by atoms with Gasteiger partial charge in [-0.3, -0.25) is 14.4 Å². The van der Waals surface area contributed by atoms with Crippen LogP contribution in [0, 0.1) is 5.92 Å². The Hall–Kier alpha value is -2.93. The van der Waals surface area contributed by atoms with E-state index in [1.165, 1.54) is 10.6 Å². The van der Waals surface area contributed by atoms with Crippen molar-refractivity contribution in [3.05, 3.63) is 58.5 Å². The molecule has 39 heavy (non-hydrogen) atoms. The molecule has 7 nitrogen and oxygen atoms in total. The lowest BCUT2D eigenvalue weighted by Gasteiger charge is -2.38. The first-order valence-corrected chi connectivity index (χ1v) is 14.9. The van der Waals surface area contributed by atoms with Crippen molar-refractivity contribution in [1.29, 1.82) is 0 Å². The van der Waals surface area contributed by atoms with Crippen LogP contribution >= 0.6 is 0 Å². The predicted molar refractivity (Wildman–Crippen MR) is 155 cm³/mol. The Balaban J connectivity index is 1.48. The van der Waals surface area contributed by atoms with Crippen LogP contribution in [0.2, 0.25) is 0 Å². The van der Waals surface area contributed by atoms with Crippen molar-refractivity contribution in [2.24, 2.45) is 5.92 Å². The van der Waals surface area contributed by atoms with E-state index in [-0.39, 0.29) is 23.9 Å². The van der Waals surface area contributed by atoms with Crippen LogP contribution in [-0.2, 0) is 11.3 Å². The van der Waals surface area contributed by atoms with Gasteiger partial charge >= 0.3 is 0 Å². The van der Waals surface area contributed by atoms with Gasteiger partial charge in [-0.1, -0.05) is 63.4 Å².